The first kappa shape index (κ1) is 16.3. The summed E-state index contributed by atoms with van der Waals surface area (Å²) in [7, 11) is 1.86. The number of likely N-dealkylation sites (tertiary alicyclic amines) is 1. The summed E-state index contributed by atoms with van der Waals surface area (Å²) in [5.74, 6) is 1.58. The molecule has 4 rings (SSSR count). The molecule has 1 atom stereocenters. The van der Waals surface area contributed by atoms with Crippen LogP contribution >= 0.6 is 0 Å². The Morgan fingerprint density at radius 1 is 1.16 bits per heavy atom. The number of amides is 1. The Hall–Kier alpha value is -2.18. The molecule has 1 amide bonds. The van der Waals surface area contributed by atoms with Crippen LogP contribution in [0, 0.1) is 5.92 Å². The molecule has 2 fully saturated rings. The smallest absolute Gasteiger partial charge is 0.261 e. The maximum absolute atomic E-state index is 13.0. The molecule has 0 bridgehead atoms. The van der Waals surface area contributed by atoms with E-state index in [1.165, 1.54) is 12.8 Å². The van der Waals surface area contributed by atoms with E-state index < -0.39 is 0 Å². The fourth-order valence-electron chi connectivity index (χ4n) is 4.07. The van der Waals surface area contributed by atoms with Crippen molar-refractivity contribution in [3.05, 3.63) is 18.2 Å². The molecule has 0 spiro atoms. The monoisotopic (exact) mass is 343 g/mol. The lowest BCUT2D eigenvalue weighted by molar-refractivity contribution is -0.138. The second-order valence-corrected chi connectivity index (χ2v) is 7.24. The Morgan fingerprint density at radius 3 is 2.72 bits per heavy atom. The minimum Gasteiger partial charge on any atom is -0.334 e. The molecule has 25 heavy (non-hydrogen) atoms. The Bertz CT molecular complexity index is 731. The van der Waals surface area contributed by atoms with Gasteiger partial charge in [0.15, 0.2) is 5.82 Å². The zero-order chi connectivity index (χ0) is 17.2. The Labute approximate surface area is 147 Å². The molecule has 7 nitrogen and oxygen atoms in total. The summed E-state index contributed by atoms with van der Waals surface area (Å²) < 4.78 is 7.17. The molecular formula is C18H25N5O2. The molecular weight excluding hydrogens is 318 g/mol. The predicted molar refractivity (Wildman–Crippen MR) is 91.4 cm³/mol. The van der Waals surface area contributed by atoms with Crippen LogP contribution in [-0.2, 0) is 11.8 Å². The number of carbonyl (C=O) groups is 1. The highest BCUT2D eigenvalue weighted by Gasteiger charge is 2.35. The molecule has 0 unspecified atom stereocenters. The number of hydrogen-bond donors (Lipinski definition) is 0. The highest BCUT2D eigenvalue weighted by Crippen LogP contribution is 2.34. The van der Waals surface area contributed by atoms with Gasteiger partial charge in [-0.15, -0.1) is 0 Å². The van der Waals surface area contributed by atoms with Crippen LogP contribution in [0.4, 0.5) is 0 Å². The van der Waals surface area contributed by atoms with Gasteiger partial charge >= 0.3 is 0 Å². The van der Waals surface area contributed by atoms with Gasteiger partial charge in [0.1, 0.15) is 0 Å². The standard InChI is InChI=1S/C18H25N5O2/c1-22-12-14(11-19-22)17-20-16(21-25-17)15-9-3-2-6-10-23(15)18(24)13-7-4-5-8-13/h11-13,15H,2-10H2,1H3/t15-/m0/s1. The van der Waals surface area contributed by atoms with E-state index in [0.717, 1.165) is 50.6 Å². The molecule has 0 N–H and O–H groups in total. The molecule has 1 aliphatic carbocycles. The quantitative estimate of drug-likeness (QED) is 0.856. The number of aromatic nitrogens is 4. The maximum Gasteiger partial charge on any atom is 0.261 e. The molecule has 0 aromatic carbocycles. The highest BCUT2D eigenvalue weighted by atomic mass is 16.5. The van der Waals surface area contributed by atoms with Crippen molar-refractivity contribution in [1.82, 2.24) is 24.8 Å². The van der Waals surface area contributed by atoms with Gasteiger partial charge in [0.2, 0.25) is 5.91 Å². The fourth-order valence-corrected chi connectivity index (χ4v) is 4.07. The van der Waals surface area contributed by atoms with Crippen LogP contribution in [0.2, 0.25) is 0 Å². The largest absolute Gasteiger partial charge is 0.334 e. The van der Waals surface area contributed by atoms with Crippen molar-refractivity contribution < 1.29 is 9.32 Å². The molecule has 134 valence electrons. The van der Waals surface area contributed by atoms with Gasteiger partial charge in [-0.25, -0.2) is 0 Å². The third kappa shape index (κ3) is 3.32. The van der Waals surface area contributed by atoms with Crippen molar-refractivity contribution >= 4 is 5.91 Å². The molecule has 3 heterocycles. The van der Waals surface area contributed by atoms with Crippen molar-refractivity contribution in [1.29, 1.82) is 0 Å². The predicted octanol–water partition coefficient (Wildman–Crippen LogP) is 3.10. The first-order valence-electron chi connectivity index (χ1n) is 9.35. The minimum absolute atomic E-state index is 0.0650. The van der Waals surface area contributed by atoms with E-state index in [4.69, 9.17) is 4.52 Å². The van der Waals surface area contributed by atoms with Gasteiger partial charge in [0, 0.05) is 25.7 Å². The van der Waals surface area contributed by atoms with E-state index in [-0.39, 0.29) is 17.9 Å². The first-order valence-corrected chi connectivity index (χ1v) is 9.35. The number of carbonyl (C=O) groups excluding carboxylic acids is 1. The molecule has 2 aromatic rings. The lowest BCUT2D eigenvalue weighted by Crippen LogP contribution is -2.38. The highest BCUT2D eigenvalue weighted by molar-refractivity contribution is 5.79. The van der Waals surface area contributed by atoms with Gasteiger partial charge in [-0.2, -0.15) is 10.1 Å². The molecule has 7 heteroatoms. The van der Waals surface area contributed by atoms with E-state index in [1.54, 1.807) is 10.9 Å². The topological polar surface area (TPSA) is 77.0 Å². The summed E-state index contributed by atoms with van der Waals surface area (Å²) in [4.78, 5) is 19.7. The van der Waals surface area contributed by atoms with Gasteiger partial charge in [-0.1, -0.05) is 30.8 Å². The second kappa shape index (κ2) is 6.98. The van der Waals surface area contributed by atoms with Crippen LogP contribution in [0.1, 0.15) is 63.2 Å². The van der Waals surface area contributed by atoms with Gasteiger partial charge < -0.3 is 9.42 Å². The third-order valence-corrected chi connectivity index (χ3v) is 5.43. The van der Waals surface area contributed by atoms with E-state index in [2.05, 4.69) is 15.2 Å². The molecule has 2 aromatic heterocycles. The van der Waals surface area contributed by atoms with Crippen LogP contribution < -0.4 is 0 Å². The lowest BCUT2D eigenvalue weighted by Gasteiger charge is -2.30. The molecule has 1 aliphatic heterocycles. The van der Waals surface area contributed by atoms with Crippen LogP contribution in [0.5, 0.6) is 0 Å². The van der Waals surface area contributed by atoms with Gasteiger partial charge in [-0.05, 0) is 25.7 Å². The fraction of sp³-hybridized carbons (Fsp3) is 0.667. The number of hydrogen-bond acceptors (Lipinski definition) is 5. The minimum atomic E-state index is -0.0650. The summed E-state index contributed by atoms with van der Waals surface area (Å²) in [6.45, 7) is 0.802. The van der Waals surface area contributed by atoms with Crippen molar-refractivity contribution in [3.63, 3.8) is 0 Å². The summed E-state index contributed by atoms with van der Waals surface area (Å²) in [5.41, 5.74) is 0.809. The lowest BCUT2D eigenvalue weighted by atomic mass is 10.0. The molecule has 1 saturated heterocycles. The average Bonchev–Trinajstić information content (AvgIpc) is 3.34. The summed E-state index contributed by atoms with van der Waals surface area (Å²) in [5, 5.41) is 8.36. The summed E-state index contributed by atoms with van der Waals surface area (Å²) in [6.07, 6.45) is 12.2. The normalized spacial score (nSPS) is 22.3. The molecule has 0 radical (unpaired) electrons. The SMILES string of the molecule is Cn1cc(-c2nc([C@@H]3CCCCCN3C(=O)C3CCCC3)no2)cn1. The van der Waals surface area contributed by atoms with Gasteiger partial charge in [0.25, 0.3) is 5.89 Å². The van der Waals surface area contributed by atoms with Crippen molar-refractivity contribution in [3.8, 4) is 11.5 Å². The van der Waals surface area contributed by atoms with Crippen molar-refractivity contribution in [2.24, 2.45) is 13.0 Å². The zero-order valence-corrected chi connectivity index (χ0v) is 14.7. The third-order valence-electron chi connectivity index (χ3n) is 5.43. The number of nitrogens with zero attached hydrogens (tertiary/aromatic N) is 5. The van der Waals surface area contributed by atoms with Gasteiger partial charge in [0.05, 0.1) is 17.8 Å². The number of rotatable bonds is 3. The van der Waals surface area contributed by atoms with Crippen LogP contribution in [0.25, 0.3) is 11.5 Å². The summed E-state index contributed by atoms with van der Waals surface area (Å²) in [6, 6.07) is -0.0650. The Balaban J connectivity index is 1.59. The van der Waals surface area contributed by atoms with E-state index in [9.17, 15) is 4.79 Å². The Morgan fingerprint density at radius 2 is 1.96 bits per heavy atom. The average molecular weight is 343 g/mol. The van der Waals surface area contributed by atoms with Gasteiger partial charge in [-0.3, -0.25) is 9.48 Å². The molecule has 1 saturated carbocycles. The van der Waals surface area contributed by atoms with E-state index in [0.29, 0.717) is 11.7 Å². The molecule has 2 aliphatic rings. The van der Waals surface area contributed by atoms with Crippen molar-refractivity contribution in [2.45, 2.75) is 57.4 Å². The second-order valence-electron chi connectivity index (χ2n) is 7.24. The summed E-state index contributed by atoms with van der Waals surface area (Å²) >= 11 is 0. The Kier molecular flexibility index (Phi) is 4.55. The van der Waals surface area contributed by atoms with E-state index in [1.807, 2.05) is 18.1 Å². The van der Waals surface area contributed by atoms with Crippen LogP contribution in [-0.4, -0.2) is 37.3 Å². The van der Waals surface area contributed by atoms with Crippen LogP contribution in [0.15, 0.2) is 16.9 Å². The van der Waals surface area contributed by atoms with E-state index >= 15 is 0 Å². The van der Waals surface area contributed by atoms with Crippen molar-refractivity contribution in [2.75, 3.05) is 6.54 Å². The zero-order valence-electron chi connectivity index (χ0n) is 14.7. The van der Waals surface area contributed by atoms with Crippen LogP contribution in [0.3, 0.4) is 0 Å². The number of aryl methyl sites for hydroxylation is 1. The first-order chi connectivity index (χ1) is 12.2. The maximum atomic E-state index is 13.0.